The third kappa shape index (κ3) is 3.66. The van der Waals surface area contributed by atoms with E-state index in [0.29, 0.717) is 12.3 Å². The Morgan fingerprint density at radius 1 is 0.929 bits per heavy atom. The summed E-state index contributed by atoms with van der Waals surface area (Å²) in [6.45, 7) is 2.58. The SMILES string of the molecule is C/C(=C1\c2ccccc2COc2ccccc21)c1cccc(NS(C)(=O)=O)c1. The molecule has 0 aliphatic carbocycles. The van der Waals surface area contributed by atoms with Crippen LogP contribution in [0, 0.1) is 0 Å². The Hall–Kier alpha value is -3.05. The first kappa shape index (κ1) is 18.3. The van der Waals surface area contributed by atoms with Crippen molar-refractivity contribution in [1.29, 1.82) is 0 Å². The Bertz CT molecular complexity index is 1130. The quantitative estimate of drug-likeness (QED) is 0.689. The fraction of sp³-hybridized carbons (Fsp3) is 0.130. The fourth-order valence-electron chi connectivity index (χ4n) is 3.57. The third-order valence-corrected chi connectivity index (χ3v) is 5.41. The van der Waals surface area contributed by atoms with Gasteiger partial charge in [-0.05, 0) is 53.0 Å². The van der Waals surface area contributed by atoms with Gasteiger partial charge in [-0.25, -0.2) is 8.42 Å². The van der Waals surface area contributed by atoms with Gasteiger partial charge >= 0.3 is 0 Å². The van der Waals surface area contributed by atoms with Crippen molar-refractivity contribution in [3.63, 3.8) is 0 Å². The number of para-hydroxylation sites is 1. The summed E-state index contributed by atoms with van der Waals surface area (Å²) in [4.78, 5) is 0. The molecule has 1 aliphatic rings. The monoisotopic (exact) mass is 391 g/mol. The van der Waals surface area contributed by atoms with Gasteiger partial charge in [0, 0.05) is 11.3 Å². The van der Waals surface area contributed by atoms with Crippen molar-refractivity contribution in [2.75, 3.05) is 11.0 Å². The lowest BCUT2D eigenvalue weighted by molar-refractivity contribution is 0.307. The van der Waals surface area contributed by atoms with Crippen molar-refractivity contribution in [3.05, 3.63) is 95.1 Å². The first-order valence-electron chi connectivity index (χ1n) is 9.02. The summed E-state index contributed by atoms with van der Waals surface area (Å²) in [7, 11) is -3.33. The molecule has 1 heterocycles. The molecular weight excluding hydrogens is 370 g/mol. The number of fused-ring (bicyclic) bond motifs is 2. The van der Waals surface area contributed by atoms with Crippen LogP contribution in [0.25, 0.3) is 11.1 Å². The maximum absolute atomic E-state index is 11.6. The van der Waals surface area contributed by atoms with Gasteiger partial charge in [0.15, 0.2) is 0 Å². The van der Waals surface area contributed by atoms with Crippen LogP contribution < -0.4 is 9.46 Å². The summed E-state index contributed by atoms with van der Waals surface area (Å²) >= 11 is 0. The Balaban J connectivity index is 1.94. The molecule has 3 aromatic carbocycles. The Morgan fingerprint density at radius 2 is 1.64 bits per heavy atom. The topological polar surface area (TPSA) is 55.4 Å². The number of hydrogen-bond donors (Lipinski definition) is 1. The molecular formula is C23H21NO3S. The molecule has 5 heteroatoms. The summed E-state index contributed by atoms with van der Waals surface area (Å²) in [5.41, 5.74) is 6.95. The van der Waals surface area contributed by atoms with Crippen LogP contribution in [0.15, 0.2) is 72.8 Å². The predicted molar refractivity (Wildman–Crippen MR) is 114 cm³/mol. The molecule has 28 heavy (non-hydrogen) atoms. The van der Waals surface area contributed by atoms with E-state index in [-0.39, 0.29) is 0 Å². The lowest BCUT2D eigenvalue weighted by Crippen LogP contribution is -2.09. The van der Waals surface area contributed by atoms with Gasteiger partial charge < -0.3 is 4.74 Å². The van der Waals surface area contributed by atoms with Gasteiger partial charge in [-0.2, -0.15) is 0 Å². The lowest BCUT2D eigenvalue weighted by atomic mass is 9.88. The zero-order valence-electron chi connectivity index (χ0n) is 15.8. The van der Waals surface area contributed by atoms with Gasteiger partial charge in [0.05, 0.1) is 6.26 Å². The molecule has 0 aromatic heterocycles. The van der Waals surface area contributed by atoms with E-state index in [2.05, 4.69) is 29.8 Å². The van der Waals surface area contributed by atoms with Crippen LogP contribution >= 0.6 is 0 Å². The van der Waals surface area contributed by atoms with Gasteiger partial charge in [-0.3, -0.25) is 4.72 Å². The largest absolute Gasteiger partial charge is 0.488 e. The molecule has 4 rings (SSSR count). The predicted octanol–water partition coefficient (Wildman–Crippen LogP) is 4.93. The second kappa shape index (κ2) is 7.17. The van der Waals surface area contributed by atoms with Gasteiger partial charge in [0.1, 0.15) is 12.4 Å². The van der Waals surface area contributed by atoms with E-state index in [9.17, 15) is 8.42 Å². The molecule has 0 fully saturated rings. The normalized spacial score (nSPS) is 14.9. The highest BCUT2D eigenvalue weighted by Crippen LogP contribution is 2.41. The second-order valence-electron chi connectivity index (χ2n) is 6.90. The Morgan fingerprint density at radius 3 is 2.43 bits per heavy atom. The van der Waals surface area contributed by atoms with Crippen LogP contribution in [0.5, 0.6) is 5.75 Å². The highest BCUT2D eigenvalue weighted by atomic mass is 32.2. The van der Waals surface area contributed by atoms with Crippen molar-refractivity contribution in [1.82, 2.24) is 0 Å². The van der Waals surface area contributed by atoms with Crippen molar-refractivity contribution in [2.24, 2.45) is 0 Å². The standard InChI is InChI=1S/C23H21NO3S/c1-16(17-9-7-10-19(14-17)24-28(2,25)26)23-20-11-4-3-8-18(20)15-27-22-13-6-5-12-21(22)23/h3-14,24H,15H2,1-2H3/b23-16-. The van der Waals surface area contributed by atoms with Crippen LogP contribution in [-0.4, -0.2) is 14.7 Å². The number of ether oxygens (including phenoxy) is 1. The first-order valence-corrected chi connectivity index (χ1v) is 10.9. The van der Waals surface area contributed by atoms with E-state index < -0.39 is 10.0 Å². The van der Waals surface area contributed by atoms with Crippen LogP contribution in [0.4, 0.5) is 5.69 Å². The minimum absolute atomic E-state index is 0.514. The van der Waals surface area contributed by atoms with Crippen molar-refractivity contribution in [3.8, 4) is 5.75 Å². The van der Waals surface area contributed by atoms with Crippen LogP contribution in [0.3, 0.4) is 0 Å². The number of anilines is 1. The summed E-state index contributed by atoms with van der Waals surface area (Å²) in [6, 6.07) is 23.7. The third-order valence-electron chi connectivity index (χ3n) is 4.80. The number of allylic oxidation sites excluding steroid dienone is 1. The van der Waals surface area contributed by atoms with Crippen LogP contribution in [0.1, 0.15) is 29.2 Å². The van der Waals surface area contributed by atoms with E-state index >= 15 is 0 Å². The molecule has 3 aromatic rings. The molecule has 4 nitrogen and oxygen atoms in total. The first-order chi connectivity index (χ1) is 13.4. The smallest absolute Gasteiger partial charge is 0.229 e. The maximum Gasteiger partial charge on any atom is 0.229 e. The molecule has 0 bridgehead atoms. The van der Waals surface area contributed by atoms with Crippen molar-refractivity contribution < 1.29 is 13.2 Å². The number of sulfonamides is 1. The molecule has 0 unspecified atom stereocenters. The number of nitrogens with one attached hydrogen (secondary N) is 1. The average molecular weight is 391 g/mol. The Kier molecular flexibility index (Phi) is 4.69. The second-order valence-corrected chi connectivity index (χ2v) is 8.65. The summed E-state index contributed by atoms with van der Waals surface area (Å²) in [6.07, 6.45) is 1.15. The molecule has 0 amide bonds. The highest BCUT2D eigenvalue weighted by molar-refractivity contribution is 7.92. The molecule has 0 atom stereocenters. The van der Waals surface area contributed by atoms with E-state index in [0.717, 1.165) is 45.4 Å². The summed E-state index contributed by atoms with van der Waals surface area (Å²) in [5, 5.41) is 0. The van der Waals surface area contributed by atoms with Crippen LogP contribution in [0.2, 0.25) is 0 Å². The van der Waals surface area contributed by atoms with E-state index in [4.69, 9.17) is 4.74 Å². The highest BCUT2D eigenvalue weighted by Gasteiger charge is 2.21. The fourth-order valence-corrected chi connectivity index (χ4v) is 4.12. The molecule has 0 saturated carbocycles. The van der Waals surface area contributed by atoms with Crippen molar-refractivity contribution in [2.45, 2.75) is 13.5 Å². The van der Waals surface area contributed by atoms with Gasteiger partial charge in [-0.1, -0.05) is 54.6 Å². The molecule has 0 radical (unpaired) electrons. The molecule has 1 aliphatic heterocycles. The van der Waals surface area contributed by atoms with E-state index in [1.54, 1.807) is 6.07 Å². The molecule has 0 saturated heterocycles. The molecule has 142 valence electrons. The zero-order valence-corrected chi connectivity index (χ0v) is 16.6. The number of hydrogen-bond acceptors (Lipinski definition) is 3. The molecule has 1 N–H and O–H groups in total. The maximum atomic E-state index is 11.6. The van der Waals surface area contributed by atoms with Gasteiger partial charge in [-0.15, -0.1) is 0 Å². The van der Waals surface area contributed by atoms with E-state index in [1.165, 1.54) is 0 Å². The Labute approximate surface area is 165 Å². The summed E-state index contributed by atoms with van der Waals surface area (Å²) in [5.74, 6) is 0.846. The average Bonchev–Trinajstić information content (AvgIpc) is 2.83. The summed E-state index contributed by atoms with van der Waals surface area (Å²) < 4.78 is 31.8. The minimum atomic E-state index is -3.33. The zero-order chi connectivity index (χ0) is 19.7. The van der Waals surface area contributed by atoms with Gasteiger partial charge in [0.2, 0.25) is 10.0 Å². The van der Waals surface area contributed by atoms with E-state index in [1.807, 2.05) is 48.5 Å². The lowest BCUT2D eigenvalue weighted by Gasteiger charge is -2.16. The van der Waals surface area contributed by atoms with Crippen LogP contribution in [-0.2, 0) is 16.6 Å². The van der Waals surface area contributed by atoms with Gasteiger partial charge in [0.25, 0.3) is 0 Å². The number of benzene rings is 3. The minimum Gasteiger partial charge on any atom is -0.488 e. The molecule has 0 spiro atoms. The number of rotatable bonds is 3. The van der Waals surface area contributed by atoms with Crippen molar-refractivity contribution >= 4 is 26.9 Å².